The molecule has 2 aliphatic heterocycles. The van der Waals surface area contributed by atoms with Gasteiger partial charge in [-0.25, -0.2) is 15.2 Å². The summed E-state index contributed by atoms with van der Waals surface area (Å²) in [5.74, 6) is -1.37. The van der Waals surface area contributed by atoms with Gasteiger partial charge in [-0.1, -0.05) is 12.1 Å². The topological polar surface area (TPSA) is 70.6 Å². The summed E-state index contributed by atoms with van der Waals surface area (Å²) in [5.41, 5.74) is 6.27. The van der Waals surface area contributed by atoms with E-state index in [1.165, 1.54) is 6.07 Å². The Bertz CT molecular complexity index is 480. The van der Waals surface area contributed by atoms with E-state index in [9.17, 15) is 9.18 Å². The van der Waals surface area contributed by atoms with Crippen LogP contribution >= 0.6 is 0 Å². The predicted octanol–water partition coefficient (Wildman–Crippen LogP) is 0.436. The van der Waals surface area contributed by atoms with E-state index >= 15 is 0 Å². The molecule has 0 aliphatic carbocycles. The van der Waals surface area contributed by atoms with Crippen LogP contribution in [0.5, 0.6) is 5.75 Å². The first-order valence-corrected chi connectivity index (χ1v) is 5.33. The van der Waals surface area contributed by atoms with Crippen molar-refractivity contribution in [3.63, 3.8) is 0 Å². The van der Waals surface area contributed by atoms with Crippen LogP contribution in [0.25, 0.3) is 0 Å². The number of benzene rings is 1. The van der Waals surface area contributed by atoms with Crippen LogP contribution in [0.15, 0.2) is 18.2 Å². The molecule has 90 valence electrons. The summed E-state index contributed by atoms with van der Waals surface area (Å²) in [6.07, 6.45) is 0. The van der Waals surface area contributed by atoms with Gasteiger partial charge in [0.2, 0.25) is 0 Å². The number of carboxylic acid groups (broad SMARTS) is 1. The Kier molecular flexibility index (Phi) is 2.27. The van der Waals surface area contributed by atoms with Crippen LogP contribution < -0.4 is 15.6 Å². The Labute approximate surface area is 96.5 Å². The summed E-state index contributed by atoms with van der Waals surface area (Å²) in [7, 11) is 0. The summed E-state index contributed by atoms with van der Waals surface area (Å²) in [4.78, 5) is 11.0. The molecule has 3 N–H and O–H groups in total. The summed E-state index contributed by atoms with van der Waals surface area (Å²) >= 11 is 0. The minimum Gasteiger partial charge on any atom is -0.490 e. The van der Waals surface area contributed by atoms with Crippen molar-refractivity contribution < 1.29 is 19.0 Å². The second kappa shape index (κ2) is 3.68. The highest BCUT2D eigenvalue weighted by molar-refractivity contribution is 5.74. The van der Waals surface area contributed by atoms with Gasteiger partial charge in [0.1, 0.15) is 6.04 Å². The first kappa shape index (κ1) is 10.5. The van der Waals surface area contributed by atoms with E-state index in [0.29, 0.717) is 5.56 Å². The second-order valence-corrected chi connectivity index (χ2v) is 4.22. The minimum atomic E-state index is -0.937. The lowest BCUT2D eigenvalue weighted by Crippen LogP contribution is -2.40. The first-order chi connectivity index (χ1) is 8.18. The number of hydrogen-bond donors (Lipinski definition) is 3. The number of fused-ring (bicyclic) bond motifs is 3. The SMILES string of the molecule is O=C(O)C1NNC2c3cccc(F)c3OCC12. The molecular formula is C11H11FN2O3. The number of halogens is 1. The van der Waals surface area contributed by atoms with Gasteiger partial charge < -0.3 is 9.84 Å². The molecule has 3 atom stereocenters. The van der Waals surface area contributed by atoms with Crippen LogP contribution in [0.4, 0.5) is 4.39 Å². The fraction of sp³-hybridized carbons (Fsp3) is 0.364. The third-order valence-electron chi connectivity index (χ3n) is 3.27. The molecule has 1 aromatic rings. The third-order valence-corrected chi connectivity index (χ3v) is 3.27. The Balaban J connectivity index is 1.99. The largest absolute Gasteiger partial charge is 0.490 e. The molecule has 1 fully saturated rings. The highest BCUT2D eigenvalue weighted by Gasteiger charge is 2.45. The molecule has 6 heteroatoms. The van der Waals surface area contributed by atoms with Gasteiger partial charge in [-0.15, -0.1) is 0 Å². The van der Waals surface area contributed by atoms with Crippen molar-refractivity contribution >= 4 is 5.97 Å². The maximum absolute atomic E-state index is 13.5. The van der Waals surface area contributed by atoms with Crippen molar-refractivity contribution in [1.82, 2.24) is 10.9 Å². The highest BCUT2D eigenvalue weighted by Crippen LogP contribution is 2.40. The van der Waals surface area contributed by atoms with Crippen molar-refractivity contribution in [2.75, 3.05) is 6.61 Å². The fourth-order valence-electron chi connectivity index (χ4n) is 2.43. The number of para-hydroxylation sites is 1. The summed E-state index contributed by atoms with van der Waals surface area (Å²) < 4.78 is 18.8. The number of aliphatic carboxylic acids is 1. The molecule has 0 aromatic heterocycles. The quantitative estimate of drug-likeness (QED) is 0.662. The van der Waals surface area contributed by atoms with Gasteiger partial charge in [-0.05, 0) is 6.07 Å². The average Bonchev–Trinajstić information content (AvgIpc) is 2.73. The fourth-order valence-corrected chi connectivity index (χ4v) is 2.43. The molecule has 3 rings (SSSR count). The Morgan fingerprint density at radius 2 is 2.29 bits per heavy atom. The summed E-state index contributed by atoms with van der Waals surface area (Å²) in [6.45, 7) is 0.190. The lowest BCUT2D eigenvalue weighted by Gasteiger charge is -2.28. The van der Waals surface area contributed by atoms with Crippen molar-refractivity contribution in [1.29, 1.82) is 0 Å². The minimum absolute atomic E-state index is 0.190. The van der Waals surface area contributed by atoms with Crippen LogP contribution in [0, 0.1) is 11.7 Å². The summed E-state index contributed by atoms with van der Waals surface area (Å²) in [5, 5.41) is 9.02. The van der Waals surface area contributed by atoms with Crippen molar-refractivity contribution in [3.05, 3.63) is 29.6 Å². The average molecular weight is 238 g/mol. The molecular weight excluding hydrogens is 227 g/mol. The molecule has 5 nitrogen and oxygen atoms in total. The van der Waals surface area contributed by atoms with Crippen LogP contribution in [0.2, 0.25) is 0 Å². The molecule has 0 radical (unpaired) electrons. The molecule has 2 aliphatic rings. The Hall–Kier alpha value is -1.66. The maximum atomic E-state index is 13.5. The number of rotatable bonds is 1. The van der Waals surface area contributed by atoms with Gasteiger partial charge in [-0.2, -0.15) is 0 Å². The van der Waals surface area contributed by atoms with Crippen LogP contribution in [-0.4, -0.2) is 23.7 Å². The van der Waals surface area contributed by atoms with Gasteiger partial charge in [0.25, 0.3) is 0 Å². The molecule has 17 heavy (non-hydrogen) atoms. The molecule has 0 bridgehead atoms. The number of ether oxygens (including phenoxy) is 1. The molecule has 3 unspecified atom stereocenters. The first-order valence-electron chi connectivity index (χ1n) is 5.33. The van der Waals surface area contributed by atoms with Gasteiger partial charge in [0.05, 0.1) is 12.6 Å². The predicted molar refractivity (Wildman–Crippen MR) is 55.8 cm³/mol. The monoisotopic (exact) mass is 238 g/mol. The molecule has 0 spiro atoms. The Morgan fingerprint density at radius 3 is 3.06 bits per heavy atom. The van der Waals surface area contributed by atoms with E-state index in [-0.39, 0.29) is 24.3 Å². The lowest BCUT2D eigenvalue weighted by molar-refractivity contribution is -0.140. The van der Waals surface area contributed by atoms with Gasteiger partial charge in [0, 0.05) is 11.5 Å². The van der Waals surface area contributed by atoms with E-state index in [4.69, 9.17) is 9.84 Å². The number of hydrogen-bond acceptors (Lipinski definition) is 4. The van der Waals surface area contributed by atoms with Gasteiger partial charge >= 0.3 is 5.97 Å². The molecule has 1 aromatic carbocycles. The smallest absolute Gasteiger partial charge is 0.322 e. The highest BCUT2D eigenvalue weighted by atomic mass is 19.1. The zero-order chi connectivity index (χ0) is 12.0. The number of nitrogens with one attached hydrogen (secondary N) is 2. The standard InChI is InChI=1S/C11H11FN2O3/c12-7-3-1-2-5-8-6(4-17-10(5)7)9(11(15)16)14-13-8/h1-3,6,8-9,13-14H,4H2,(H,15,16). The zero-order valence-corrected chi connectivity index (χ0v) is 8.81. The van der Waals surface area contributed by atoms with E-state index in [2.05, 4.69) is 10.9 Å². The molecule has 1 saturated heterocycles. The number of hydrazine groups is 1. The normalized spacial score (nSPS) is 30.3. The number of carbonyl (C=O) groups is 1. The van der Waals surface area contributed by atoms with Crippen molar-refractivity contribution in [3.8, 4) is 5.75 Å². The summed E-state index contributed by atoms with van der Waals surface area (Å²) in [6, 6.07) is 3.73. The Morgan fingerprint density at radius 1 is 1.47 bits per heavy atom. The third kappa shape index (κ3) is 1.49. The van der Waals surface area contributed by atoms with Crippen molar-refractivity contribution in [2.45, 2.75) is 12.1 Å². The van der Waals surface area contributed by atoms with E-state index in [1.54, 1.807) is 12.1 Å². The lowest BCUT2D eigenvalue weighted by atomic mass is 9.88. The van der Waals surface area contributed by atoms with Crippen LogP contribution in [0.3, 0.4) is 0 Å². The van der Waals surface area contributed by atoms with Crippen LogP contribution in [0.1, 0.15) is 11.6 Å². The molecule has 0 amide bonds. The molecule has 2 heterocycles. The zero-order valence-electron chi connectivity index (χ0n) is 8.81. The molecule has 0 saturated carbocycles. The second-order valence-electron chi connectivity index (χ2n) is 4.22. The van der Waals surface area contributed by atoms with Gasteiger partial charge in [0.15, 0.2) is 11.6 Å². The van der Waals surface area contributed by atoms with E-state index < -0.39 is 17.8 Å². The van der Waals surface area contributed by atoms with Gasteiger partial charge in [-0.3, -0.25) is 4.79 Å². The maximum Gasteiger partial charge on any atom is 0.322 e. The van der Waals surface area contributed by atoms with E-state index in [1.807, 2.05) is 0 Å². The number of carboxylic acids is 1. The van der Waals surface area contributed by atoms with E-state index in [0.717, 1.165) is 0 Å². The van der Waals surface area contributed by atoms with Crippen LogP contribution in [-0.2, 0) is 4.79 Å². The van der Waals surface area contributed by atoms with Crippen molar-refractivity contribution in [2.24, 2.45) is 5.92 Å².